The third kappa shape index (κ3) is 4.18. The van der Waals surface area contributed by atoms with E-state index in [1.807, 2.05) is 0 Å². The molecule has 0 saturated heterocycles. The van der Waals surface area contributed by atoms with Crippen molar-refractivity contribution in [3.63, 3.8) is 0 Å². The molecule has 2 aliphatic heterocycles. The van der Waals surface area contributed by atoms with Crippen molar-refractivity contribution >= 4 is 33.4 Å². The Morgan fingerprint density at radius 2 is 1.88 bits per heavy atom. The average molecular weight is 486 g/mol. The van der Waals surface area contributed by atoms with E-state index in [4.69, 9.17) is 14.2 Å². The number of hydrogen-bond donors (Lipinski definition) is 2. The van der Waals surface area contributed by atoms with Crippen molar-refractivity contribution < 1.29 is 32.2 Å². The molecule has 0 radical (unpaired) electrons. The minimum atomic E-state index is -3.71. The van der Waals surface area contributed by atoms with Gasteiger partial charge in [0.2, 0.25) is 0 Å². The standard InChI is InChI=1S/C23H23N3O7S/c1-14(24-21-16-6-2-3-7-19(16)34(29,30)26-21)22(28)31-13-20(27)25-15-8-9-17-18(12-15)33-23(32-17)10-4-5-11-23/h2-3,6-9,12,14H,4-5,10-11,13H2,1H3,(H,24,26)(H,25,27)/t14-/m0/s1. The van der Waals surface area contributed by atoms with Crippen molar-refractivity contribution in [2.45, 2.75) is 49.3 Å². The summed E-state index contributed by atoms with van der Waals surface area (Å²) in [6.07, 6.45) is 3.75. The zero-order chi connectivity index (χ0) is 23.9. The summed E-state index contributed by atoms with van der Waals surface area (Å²) in [6.45, 7) is 0.938. The lowest BCUT2D eigenvalue weighted by Crippen LogP contribution is -2.34. The molecular formula is C23H23N3O7S. The van der Waals surface area contributed by atoms with E-state index >= 15 is 0 Å². The highest BCUT2D eigenvalue weighted by molar-refractivity contribution is 7.90. The van der Waals surface area contributed by atoms with E-state index in [-0.39, 0.29) is 10.7 Å². The number of fused-ring (bicyclic) bond motifs is 2. The van der Waals surface area contributed by atoms with Gasteiger partial charge in [0.25, 0.3) is 21.7 Å². The van der Waals surface area contributed by atoms with Crippen LogP contribution in [0.15, 0.2) is 52.4 Å². The van der Waals surface area contributed by atoms with Gasteiger partial charge >= 0.3 is 5.97 Å². The molecule has 10 nitrogen and oxygen atoms in total. The van der Waals surface area contributed by atoms with Gasteiger partial charge in [-0.2, -0.15) is 0 Å². The Bertz CT molecular complexity index is 1300. The molecule has 5 rings (SSSR count). The quantitative estimate of drug-likeness (QED) is 0.621. The number of hydrogen-bond acceptors (Lipinski definition) is 8. The van der Waals surface area contributed by atoms with Gasteiger partial charge in [-0.05, 0) is 44.0 Å². The Morgan fingerprint density at radius 3 is 2.68 bits per heavy atom. The molecular weight excluding hydrogens is 462 g/mol. The van der Waals surface area contributed by atoms with Crippen LogP contribution in [0.25, 0.3) is 0 Å². The van der Waals surface area contributed by atoms with Crippen LogP contribution >= 0.6 is 0 Å². The molecule has 1 fully saturated rings. The summed E-state index contributed by atoms with van der Waals surface area (Å²) < 4.78 is 43.7. The van der Waals surface area contributed by atoms with E-state index in [2.05, 4.69) is 15.0 Å². The summed E-state index contributed by atoms with van der Waals surface area (Å²) in [5.41, 5.74) is 0.866. The van der Waals surface area contributed by atoms with Crippen molar-refractivity contribution in [1.29, 1.82) is 0 Å². The van der Waals surface area contributed by atoms with Crippen LogP contribution in [0.1, 0.15) is 38.2 Å². The number of esters is 1. The topological polar surface area (TPSA) is 132 Å². The largest absolute Gasteiger partial charge is 0.454 e. The summed E-state index contributed by atoms with van der Waals surface area (Å²) in [6, 6.07) is 10.4. The molecule has 3 aliphatic rings. The van der Waals surface area contributed by atoms with Crippen LogP contribution in [-0.2, 0) is 24.3 Å². The Hall–Kier alpha value is -3.60. The van der Waals surface area contributed by atoms with E-state index in [1.165, 1.54) is 13.0 Å². The average Bonchev–Trinajstić information content (AvgIpc) is 3.48. The van der Waals surface area contributed by atoms with Crippen molar-refractivity contribution in [2.75, 3.05) is 11.9 Å². The fourth-order valence-corrected chi connectivity index (χ4v) is 5.46. The monoisotopic (exact) mass is 485 g/mol. The van der Waals surface area contributed by atoms with Crippen LogP contribution in [0.5, 0.6) is 11.5 Å². The lowest BCUT2D eigenvalue weighted by molar-refractivity contribution is -0.148. The van der Waals surface area contributed by atoms with Crippen molar-refractivity contribution in [3.05, 3.63) is 48.0 Å². The molecule has 0 bridgehead atoms. The van der Waals surface area contributed by atoms with Crippen LogP contribution in [0.3, 0.4) is 0 Å². The number of carbonyl (C=O) groups is 2. The highest BCUT2D eigenvalue weighted by Gasteiger charge is 2.44. The molecule has 2 aromatic rings. The number of carbonyl (C=O) groups excluding carboxylic acids is 2. The van der Waals surface area contributed by atoms with Gasteiger partial charge in [-0.25, -0.2) is 13.2 Å². The van der Waals surface area contributed by atoms with E-state index in [1.54, 1.807) is 36.4 Å². The smallest absolute Gasteiger partial charge is 0.331 e. The lowest BCUT2D eigenvalue weighted by atomic mass is 10.2. The number of rotatable bonds is 5. The van der Waals surface area contributed by atoms with Gasteiger partial charge in [0.05, 0.1) is 4.90 Å². The lowest BCUT2D eigenvalue weighted by Gasteiger charge is -2.21. The first-order valence-corrected chi connectivity index (χ1v) is 12.4. The van der Waals surface area contributed by atoms with Crippen molar-refractivity contribution in [2.24, 2.45) is 4.99 Å². The SMILES string of the molecule is C[C@H](N=C1NS(=O)(=O)c2ccccc21)C(=O)OCC(=O)Nc1ccc2c(c1)OC1(CCCC1)O2. The van der Waals surface area contributed by atoms with Gasteiger partial charge in [-0.15, -0.1) is 0 Å². The highest BCUT2D eigenvalue weighted by atomic mass is 32.2. The summed E-state index contributed by atoms with van der Waals surface area (Å²) in [4.78, 5) is 28.9. The predicted molar refractivity (Wildman–Crippen MR) is 121 cm³/mol. The third-order valence-corrected chi connectivity index (χ3v) is 7.25. The maximum Gasteiger partial charge on any atom is 0.331 e. The summed E-state index contributed by atoms with van der Waals surface area (Å²) in [7, 11) is -3.71. The molecule has 2 N–H and O–H groups in total. The van der Waals surface area contributed by atoms with E-state index in [0.29, 0.717) is 22.7 Å². The first-order chi connectivity index (χ1) is 16.2. The van der Waals surface area contributed by atoms with E-state index in [0.717, 1.165) is 25.7 Å². The van der Waals surface area contributed by atoms with Gasteiger partial charge in [0.1, 0.15) is 11.9 Å². The molecule has 178 valence electrons. The minimum Gasteiger partial charge on any atom is -0.454 e. The number of nitrogens with zero attached hydrogens (tertiary/aromatic N) is 1. The van der Waals surface area contributed by atoms with Gasteiger partial charge in [0, 0.05) is 30.2 Å². The first-order valence-electron chi connectivity index (χ1n) is 10.9. The Kier molecular flexibility index (Phi) is 5.43. The van der Waals surface area contributed by atoms with E-state index < -0.39 is 40.3 Å². The van der Waals surface area contributed by atoms with Gasteiger partial charge in [-0.1, -0.05) is 12.1 Å². The van der Waals surface area contributed by atoms with Crippen LogP contribution in [0.4, 0.5) is 5.69 Å². The second-order valence-corrected chi connectivity index (χ2v) is 10.0. The number of ether oxygens (including phenoxy) is 3. The number of amides is 1. The molecule has 1 amide bonds. The molecule has 1 atom stereocenters. The number of nitrogens with one attached hydrogen (secondary N) is 2. The van der Waals surface area contributed by atoms with E-state index in [9.17, 15) is 18.0 Å². The first kappa shape index (κ1) is 22.2. The summed E-state index contributed by atoms with van der Waals surface area (Å²) >= 11 is 0. The molecule has 0 aromatic heterocycles. The molecule has 0 unspecified atom stereocenters. The normalized spacial score (nSPS) is 20.6. The number of amidine groups is 1. The summed E-state index contributed by atoms with van der Waals surface area (Å²) in [5, 5.41) is 2.66. The maximum absolute atomic E-state index is 12.3. The van der Waals surface area contributed by atoms with Crippen LogP contribution < -0.4 is 19.5 Å². The van der Waals surface area contributed by atoms with Crippen LogP contribution in [-0.4, -0.2) is 44.6 Å². The second kappa shape index (κ2) is 8.32. The Morgan fingerprint density at radius 1 is 1.15 bits per heavy atom. The van der Waals surface area contributed by atoms with Gasteiger partial charge < -0.3 is 19.5 Å². The highest BCUT2D eigenvalue weighted by Crippen LogP contribution is 2.47. The molecule has 2 heterocycles. The molecule has 1 aliphatic carbocycles. The van der Waals surface area contributed by atoms with Crippen molar-refractivity contribution in [3.8, 4) is 11.5 Å². The fourth-order valence-electron chi connectivity index (χ4n) is 4.22. The molecule has 2 aromatic carbocycles. The third-order valence-electron chi connectivity index (χ3n) is 5.86. The Balaban J connectivity index is 1.17. The predicted octanol–water partition coefficient (Wildman–Crippen LogP) is 2.34. The number of sulfonamides is 1. The minimum absolute atomic E-state index is 0.0601. The zero-order valence-corrected chi connectivity index (χ0v) is 19.2. The molecule has 34 heavy (non-hydrogen) atoms. The van der Waals surface area contributed by atoms with Gasteiger partial charge in [0.15, 0.2) is 18.1 Å². The van der Waals surface area contributed by atoms with Gasteiger partial charge in [-0.3, -0.25) is 14.5 Å². The molecule has 11 heteroatoms. The van der Waals surface area contributed by atoms with Crippen LogP contribution in [0, 0.1) is 0 Å². The molecule has 1 spiro atoms. The number of anilines is 1. The maximum atomic E-state index is 12.3. The van der Waals surface area contributed by atoms with Crippen molar-refractivity contribution in [1.82, 2.24) is 4.72 Å². The zero-order valence-electron chi connectivity index (χ0n) is 18.4. The summed E-state index contributed by atoms with van der Waals surface area (Å²) in [5.74, 6) is -0.616. The number of benzene rings is 2. The Labute approximate surface area is 196 Å². The fraction of sp³-hybridized carbons (Fsp3) is 0.348. The number of aliphatic imine (C=N–C) groups is 1. The molecule has 1 saturated carbocycles. The second-order valence-electron chi connectivity index (χ2n) is 8.39. The van der Waals surface area contributed by atoms with Crippen LogP contribution in [0.2, 0.25) is 0 Å².